The van der Waals surface area contributed by atoms with Crippen LogP contribution in [0.3, 0.4) is 0 Å². The molecule has 0 radical (unpaired) electrons. The predicted octanol–water partition coefficient (Wildman–Crippen LogP) is 3.33. The predicted molar refractivity (Wildman–Crippen MR) is 106 cm³/mol. The van der Waals surface area contributed by atoms with Crippen molar-refractivity contribution in [1.29, 1.82) is 0 Å². The molecule has 132 valence electrons. The molecule has 2 atom stereocenters. The molecule has 1 fully saturated rings. The van der Waals surface area contributed by atoms with Crippen LogP contribution in [0.25, 0.3) is 0 Å². The van der Waals surface area contributed by atoms with Gasteiger partial charge in [-0.2, -0.15) is 0 Å². The summed E-state index contributed by atoms with van der Waals surface area (Å²) in [4.78, 5) is 12.3. The van der Waals surface area contributed by atoms with Crippen molar-refractivity contribution in [2.45, 2.75) is 45.6 Å². The number of carbonyl (C=O) groups is 1. The quantitative estimate of drug-likeness (QED) is 0.609. The molecule has 2 nitrogen and oxygen atoms in total. The molecule has 0 aliphatic heterocycles. The van der Waals surface area contributed by atoms with Crippen molar-refractivity contribution in [1.82, 2.24) is 0 Å². The van der Waals surface area contributed by atoms with Crippen LogP contribution >= 0.6 is 0 Å². The minimum atomic E-state index is -1.93. The molecule has 0 unspecified atom stereocenters. The van der Waals surface area contributed by atoms with Gasteiger partial charge >= 0.3 is 0 Å². The first kappa shape index (κ1) is 18.1. The van der Waals surface area contributed by atoms with Crippen LogP contribution in [0.2, 0.25) is 0 Å². The zero-order valence-electron chi connectivity index (χ0n) is 15.4. The van der Waals surface area contributed by atoms with Gasteiger partial charge in [-0.3, -0.25) is 0 Å². The second kappa shape index (κ2) is 7.26. The minimum Gasteiger partial charge on any atom is -0.398 e. The first-order valence-corrected chi connectivity index (χ1v) is 10.8. The van der Waals surface area contributed by atoms with Gasteiger partial charge in [0.15, 0.2) is 6.29 Å². The lowest BCUT2D eigenvalue weighted by Crippen LogP contribution is -2.55. The Kier molecular flexibility index (Phi) is 5.26. The van der Waals surface area contributed by atoms with Gasteiger partial charge in [0, 0.05) is 0 Å². The van der Waals surface area contributed by atoms with Crippen LogP contribution < -0.4 is 10.4 Å². The summed E-state index contributed by atoms with van der Waals surface area (Å²) in [5.74, 6) is 0.264. The summed E-state index contributed by atoms with van der Waals surface area (Å²) in [6.45, 7) is 6.69. The molecular weight excluding hydrogens is 324 g/mol. The number of hydrogen-bond donors (Lipinski definition) is 0. The Balaban J connectivity index is 2.01. The lowest BCUT2D eigenvalue weighted by Gasteiger charge is -2.41. The molecular formula is C22H28O2Si. The van der Waals surface area contributed by atoms with Crippen LogP contribution in [-0.4, -0.2) is 20.9 Å². The molecule has 3 rings (SSSR count). The maximum atomic E-state index is 12.3. The fraction of sp³-hybridized carbons (Fsp3) is 0.409. The van der Waals surface area contributed by atoms with Gasteiger partial charge in [0.2, 0.25) is 9.04 Å². The topological polar surface area (TPSA) is 26.3 Å². The Morgan fingerprint density at radius 2 is 1.52 bits per heavy atom. The molecule has 1 saturated carbocycles. The summed E-state index contributed by atoms with van der Waals surface area (Å²) in [5.41, 5.74) is -0.593. The van der Waals surface area contributed by atoms with Crippen molar-refractivity contribution in [3.63, 3.8) is 0 Å². The van der Waals surface area contributed by atoms with E-state index in [-0.39, 0.29) is 11.3 Å². The molecule has 0 bridgehead atoms. The molecule has 0 saturated heterocycles. The summed E-state index contributed by atoms with van der Waals surface area (Å²) in [7, 11) is -1.93. The number of hydrogen-bond acceptors (Lipinski definition) is 2. The molecule has 0 spiro atoms. The van der Waals surface area contributed by atoms with Crippen molar-refractivity contribution in [3.05, 3.63) is 60.7 Å². The van der Waals surface area contributed by atoms with Crippen molar-refractivity contribution in [2.75, 3.05) is 0 Å². The van der Waals surface area contributed by atoms with E-state index in [1.54, 1.807) is 0 Å². The standard InChI is InChI=1S/C22H28O2Si/c1-21(2,3)20-15-10-16-22(20,17-23)24-25(18-11-6-4-7-12-18)19-13-8-5-9-14-19/h4-9,11-14,17,20,25H,10,15-16H2,1-3H3/t20-,22+/m0/s1. The SMILES string of the molecule is CC(C)(C)[C@@H]1CCC[C@]1(C=O)O[SiH](c1ccccc1)c1ccccc1. The molecule has 1 aliphatic rings. The average Bonchev–Trinajstić information content (AvgIpc) is 3.06. The van der Waals surface area contributed by atoms with Crippen LogP contribution in [-0.2, 0) is 9.22 Å². The zero-order chi connectivity index (χ0) is 17.9. The lowest BCUT2D eigenvalue weighted by molar-refractivity contribution is -0.128. The third kappa shape index (κ3) is 3.78. The molecule has 1 aliphatic carbocycles. The van der Waals surface area contributed by atoms with E-state index >= 15 is 0 Å². The fourth-order valence-corrected chi connectivity index (χ4v) is 6.86. The van der Waals surface area contributed by atoms with Crippen LogP contribution in [0, 0.1) is 11.3 Å². The molecule has 0 heterocycles. The summed E-state index contributed by atoms with van der Waals surface area (Å²) in [5, 5.41) is 2.46. The van der Waals surface area contributed by atoms with E-state index in [1.165, 1.54) is 10.4 Å². The second-order valence-corrected chi connectivity index (χ2v) is 10.5. The van der Waals surface area contributed by atoms with E-state index in [2.05, 4.69) is 69.3 Å². The van der Waals surface area contributed by atoms with Crippen LogP contribution in [0.5, 0.6) is 0 Å². The van der Waals surface area contributed by atoms with Crippen LogP contribution in [0.1, 0.15) is 40.0 Å². The maximum absolute atomic E-state index is 12.3. The molecule has 2 aromatic rings. The van der Waals surface area contributed by atoms with E-state index in [0.29, 0.717) is 0 Å². The van der Waals surface area contributed by atoms with Crippen molar-refractivity contribution in [2.24, 2.45) is 11.3 Å². The van der Waals surface area contributed by atoms with E-state index in [9.17, 15) is 4.79 Å². The first-order valence-electron chi connectivity index (χ1n) is 9.20. The Morgan fingerprint density at radius 1 is 1.00 bits per heavy atom. The Labute approximate surface area is 153 Å². The Hall–Kier alpha value is -1.71. The number of rotatable bonds is 5. The summed E-state index contributed by atoms with van der Waals surface area (Å²) in [6, 6.07) is 20.9. The van der Waals surface area contributed by atoms with Gasteiger partial charge in [-0.05, 0) is 41.0 Å². The minimum absolute atomic E-state index is 0.0593. The Bertz CT molecular complexity index is 653. The van der Waals surface area contributed by atoms with E-state index in [4.69, 9.17) is 4.43 Å². The lowest BCUT2D eigenvalue weighted by atomic mass is 9.73. The highest BCUT2D eigenvalue weighted by Crippen LogP contribution is 2.47. The third-order valence-corrected chi connectivity index (χ3v) is 8.09. The smallest absolute Gasteiger partial charge is 0.241 e. The van der Waals surface area contributed by atoms with E-state index in [1.807, 2.05) is 12.1 Å². The van der Waals surface area contributed by atoms with Gasteiger partial charge in [-0.25, -0.2) is 0 Å². The first-order chi connectivity index (χ1) is 12.0. The zero-order valence-corrected chi connectivity index (χ0v) is 16.6. The molecule has 2 aromatic carbocycles. The highest BCUT2D eigenvalue weighted by Gasteiger charge is 2.50. The average molecular weight is 353 g/mol. The molecule has 0 aromatic heterocycles. The van der Waals surface area contributed by atoms with Crippen molar-refractivity contribution < 1.29 is 9.22 Å². The number of carbonyl (C=O) groups excluding carboxylic acids is 1. The Morgan fingerprint density at radius 3 is 1.96 bits per heavy atom. The second-order valence-electron chi connectivity index (χ2n) is 8.20. The molecule has 25 heavy (non-hydrogen) atoms. The molecule has 3 heteroatoms. The third-order valence-electron chi connectivity index (χ3n) is 5.44. The van der Waals surface area contributed by atoms with Gasteiger partial charge in [0.25, 0.3) is 0 Å². The number of aldehydes is 1. The monoisotopic (exact) mass is 352 g/mol. The van der Waals surface area contributed by atoms with Gasteiger partial charge in [-0.1, -0.05) is 81.4 Å². The van der Waals surface area contributed by atoms with E-state index < -0.39 is 14.6 Å². The van der Waals surface area contributed by atoms with Gasteiger partial charge in [-0.15, -0.1) is 0 Å². The maximum Gasteiger partial charge on any atom is 0.241 e. The summed E-state index contributed by atoms with van der Waals surface area (Å²) >= 11 is 0. The molecule has 0 N–H and O–H groups in total. The summed E-state index contributed by atoms with van der Waals surface area (Å²) < 4.78 is 6.83. The van der Waals surface area contributed by atoms with Gasteiger partial charge in [0.05, 0.1) is 0 Å². The van der Waals surface area contributed by atoms with Crippen molar-refractivity contribution in [3.8, 4) is 0 Å². The van der Waals surface area contributed by atoms with Crippen molar-refractivity contribution >= 4 is 25.7 Å². The normalized spacial score (nSPS) is 23.8. The summed E-state index contributed by atoms with van der Waals surface area (Å²) in [6.07, 6.45) is 4.07. The fourth-order valence-electron chi connectivity index (χ4n) is 4.28. The highest BCUT2D eigenvalue weighted by atomic mass is 28.3. The molecule has 0 amide bonds. The van der Waals surface area contributed by atoms with Gasteiger partial charge in [0.1, 0.15) is 5.60 Å². The highest BCUT2D eigenvalue weighted by molar-refractivity contribution is 6.80. The largest absolute Gasteiger partial charge is 0.398 e. The number of benzene rings is 2. The van der Waals surface area contributed by atoms with Crippen LogP contribution in [0.15, 0.2) is 60.7 Å². The van der Waals surface area contributed by atoms with Crippen LogP contribution in [0.4, 0.5) is 0 Å². The van der Waals surface area contributed by atoms with Gasteiger partial charge < -0.3 is 9.22 Å². The van der Waals surface area contributed by atoms with E-state index in [0.717, 1.165) is 25.5 Å².